The molecule has 80 valence electrons. The summed E-state index contributed by atoms with van der Waals surface area (Å²) in [5.41, 5.74) is 0. The van der Waals surface area contributed by atoms with Crippen LogP contribution in [0.1, 0.15) is 26.2 Å². The minimum atomic E-state index is 0.160. The van der Waals surface area contributed by atoms with Gasteiger partial charge in [-0.15, -0.1) is 0 Å². The fourth-order valence-electron chi connectivity index (χ4n) is 2.33. The average molecular weight is 198 g/mol. The lowest BCUT2D eigenvalue weighted by molar-refractivity contribution is -0.129. The normalized spacial score (nSPS) is 34.6. The van der Waals surface area contributed by atoms with Crippen LogP contribution >= 0.6 is 0 Å². The van der Waals surface area contributed by atoms with Crippen LogP contribution in [0, 0.1) is 11.8 Å². The Bertz CT molecular complexity index is 202. The molecular weight excluding hydrogens is 180 g/mol. The Kier molecular flexibility index (Phi) is 3.19. The van der Waals surface area contributed by atoms with Crippen LogP contribution in [0.4, 0.5) is 0 Å². The second-order valence-electron chi connectivity index (χ2n) is 4.37. The van der Waals surface area contributed by atoms with Crippen LogP contribution in [-0.2, 0) is 14.3 Å². The molecule has 0 aromatic carbocycles. The lowest BCUT2D eigenvalue weighted by atomic mass is 9.86. The monoisotopic (exact) mass is 198 g/mol. The molecule has 2 saturated heterocycles. The molecule has 0 aromatic heterocycles. The van der Waals surface area contributed by atoms with Crippen molar-refractivity contribution in [1.29, 1.82) is 0 Å². The first kappa shape index (κ1) is 10.1. The van der Waals surface area contributed by atoms with Gasteiger partial charge in [-0.25, -0.2) is 0 Å². The van der Waals surface area contributed by atoms with Crippen molar-refractivity contribution < 1.29 is 14.3 Å². The lowest BCUT2D eigenvalue weighted by Crippen LogP contribution is -2.29. The number of ketones is 1. The van der Waals surface area contributed by atoms with E-state index < -0.39 is 0 Å². The Balaban J connectivity index is 1.87. The molecule has 2 rings (SSSR count). The number of Topliss-reactive ketones (excluding diaryl/α,β-unsaturated/α-hetero) is 1. The number of carbonyl (C=O) groups is 1. The zero-order chi connectivity index (χ0) is 9.97. The van der Waals surface area contributed by atoms with Crippen LogP contribution in [0.15, 0.2) is 0 Å². The van der Waals surface area contributed by atoms with Gasteiger partial charge < -0.3 is 9.47 Å². The van der Waals surface area contributed by atoms with E-state index in [-0.39, 0.29) is 17.9 Å². The molecule has 2 atom stereocenters. The smallest absolute Gasteiger partial charge is 0.141 e. The third kappa shape index (κ3) is 2.15. The van der Waals surface area contributed by atoms with Gasteiger partial charge in [0.15, 0.2) is 0 Å². The molecule has 14 heavy (non-hydrogen) atoms. The summed E-state index contributed by atoms with van der Waals surface area (Å²) in [4.78, 5) is 12.0. The van der Waals surface area contributed by atoms with E-state index in [1.165, 1.54) is 0 Å². The van der Waals surface area contributed by atoms with E-state index >= 15 is 0 Å². The summed E-state index contributed by atoms with van der Waals surface area (Å²) in [6.07, 6.45) is 2.99. The van der Waals surface area contributed by atoms with Crippen molar-refractivity contribution >= 4 is 5.78 Å². The molecule has 2 heterocycles. The van der Waals surface area contributed by atoms with E-state index in [0.717, 1.165) is 32.5 Å². The highest BCUT2D eigenvalue weighted by atomic mass is 16.5. The largest absolute Gasteiger partial charge is 0.381 e. The van der Waals surface area contributed by atoms with Crippen LogP contribution in [0.3, 0.4) is 0 Å². The van der Waals surface area contributed by atoms with Crippen LogP contribution in [0.5, 0.6) is 0 Å². The highest BCUT2D eigenvalue weighted by Crippen LogP contribution is 2.26. The third-order valence-corrected chi connectivity index (χ3v) is 3.22. The van der Waals surface area contributed by atoms with Crippen molar-refractivity contribution in [3.05, 3.63) is 0 Å². The molecule has 3 nitrogen and oxygen atoms in total. The van der Waals surface area contributed by atoms with Gasteiger partial charge in [-0.2, -0.15) is 0 Å². The average Bonchev–Trinajstić information content (AvgIpc) is 2.65. The standard InChI is InChI=1S/C11H18O3/c1-8-6-10(7-14-8)11(12)9-2-4-13-5-3-9/h8-10H,2-7H2,1H3. The molecule has 3 heteroatoms. The van der Waals surface area contributed by atoms with E-state index in [0.29, 0.717) is 12.4 Å². The molecule has 0 aromatic rings. The fraction of sp³-hybridized carbons (Fsp3) is 0.909. The van der Waals surface area contributed by atoms with Gasteiger partial charge in [-0.1, -0.05) is 0 Å². The Morgan fingerprint density at radius 3 is 2.50 bits per heavy atom. The van der Waals surface area contributed by atoms with Crippen molar-refractivity contribution in [3.63, 3.8) is 0 Å². The van der Waals surface area contributed by atoms with E-state index in [1.807, 2.05) is 6.92 Å². The molecule has 0 amide bonds. The molecule has 0 bridgehead atoms. The number of rotatable bonds is 2. The van der Waals surface area contributed by atoms with E-state index in [2.05, 4.69) is 0 Å². The first-order chi connectivity index (χ1) is 6.77. The van der Waals surface area contributed by atoms with Crippen LogP contribution in [0.2, 0.25) is 0 Å². The van der Waals surface area contributed by atoms with Crippen molar-refractivity contribution in [2.24, 2.45) is 11.8 Å². The summed E-state index contributed by atoms with van der Waals surface area (Å²) in [5.74, 6) is 0.813. The second kappa shape index (κ2) is 4.41. The number of hydrogen-bond acceptors (Lipinski definition) is 3. The SMILES string of the molecule is CC1CC(C(=O)C2CCOCC2)CO1. The van der Waals surface area contributed by atoms with E-state index in [4.69, 9.17) is 9.47 Å². The van der Waals surface area contributed by atoms with Crippen LogP contribution < -0.4 is 0 Å². The molecule has 0 radical (unpaired) electrons. The third-order valence-electron chi connectivity index (χ3n) is 3.22. The van der Waals surface area contributed by atoms with Gasteiger partial charge in [0.05, 0.1) is 12.7 Å². The second-order valence-corrected chi connectivity index (χ2v) is 4.37. The molecule has 2 unspecified atom stereocenters. The van der Waals surface area contributed by atoms with Gasteiger partial charge in [0, 0.05) is 25.0 Å². The van der Waals surface area contributed by atoms with Gasteiger partial charge in [-0.05, 0) is 26.2 Å². The van der Waals surface area contributed by atoms with Gasteiger partial charge in [0.1, 0.15) is 5.78 Å². The van der Waals surface area contributed by atoms with Crippen LogP contribution in [0.25, 0.3) is 0 Å². The molecule has 2 fully saturated rings. The Hall–Kier alpha value is -0.410. The minimum Gasteiger partial charge on any atom is -0.381 e. The zero-order valence-electron chi connectivity index (χ0n) is 8.70. The topological polar surface area (TPSA) is 35.5 Å². The zero-order valence-corrected chi connectivity index (χ0v) is 8.70. The predicted octanol–water partition coefficient (Wildman–Crippen LogP) is 1.41. The maximum absolute atomic E-state index is 12.0. The highest BCUT2D eigenvalue weighted by molar-refractivity contribution is 5.83. The first-order valence-corrected chi connectivity index (χ1v) is 5.50. The highest BCUT2D eigenvalue weighted by Gasteiger charge is 2.33. The molecule has 2 aliphatic heterocycles. The quantitative estimate of drug-likeness (QED) is 0.673. The maximum atomic E-state index is 12.0. The van der Waals surface area contributed by atoms with Gasteiger partial charge in [0.2, 0.25) is 0 Å². The maximum Gasteiger partial charge on any atom is 0.141 e. The summed E-state index contributed by atoms with van der Waals surface area (Å²) in [5, 5.41) is 0. The summed E-state index contributed by atoms with van der Waals surface area (Å²) in [7, 11) is 0. The lowest BCUT2D eigenvalue weighted by Gasteiger charge is -2.22. The predicted molar refractivity (Wildman–Crippen MR) is 52.1 cm³/mol. The van der Waals surface area contributed by atoms with Crippen molar-refractivity contribution in [3.8, 4) is 0 Å². The van der Waals surface area contributed by atoms with E-state index in [9.17, 15) is 4.79 Å². The van der Waals surface area contributed by atoms with Crippen molar-refractivity contribution in [1.82, 2.24) is 0 Å². The summed E-state index contributed by atoms with van der Waals surface area (Å²) in [6, 6.07) is 0. The van der Waals surface area contributed by atoms with Crippen LogP contribution in [-0.4, -0.2) is 31.7 Å². The molecule has 0 N–H and O–H groups in total. The Labute approximate surface area is 84.8 Å². The summed E-state index contributed by atoms with van der Waals surface area (Å²) in [6.45, 7) is 4.17. The number of carbonyl (C=O) groups excluding carboxylic acids is 1. The summed E-state index contributed by atoms with van der Waals surface area (Å²) >= 11 is 0. The number of ether oxygens (including phenoxy) is 2. The Morgan fingerprint density at radius 2 is 1.93 bits per heavy atom. The fourth-order valence-corrected chi connectivity index (χ4v) is 2.33. The minimum absolute atomic E-state index is 0.160. The Morgan fingerprint density at radius 1 is 1.21 bits per heavy atom. The van der Waals surface area contributed by atoms with Crippen molar-refractivity contribution in [2.75, 3.05) is 19.8 Å². The van der Waals surface area contributed by atoms with Gasteiger partial charge in [-0.3, -0.25) is 4.79 Å². The first-order valence-electron chi connectivity index (χ1n) is 5.50. The van der Waals surface area contributed by atoms with E-state index in [1.54, 1.807) is 0 Å². The molecule has 2 aliphatic rings. The molecule has 0 saturated carbocycles. The molecule has 0 aliphatic carbocycles. The van der Waals surface area contributed by atoms with Crippen molar-refractivity contribution in [2.45, 2.75) is 32.3 Å². The number of hydrogen-bond donors (Lipinski definition) is 0. The summed E-state index contributed by atoms with van der Waals surface area (Å²) < 4.78 is 10.7. The molecule has 0 spiro atoms. The molecular formula is C11H18O3. The van der Waals surface area contributed by atoms with Gasteiger partial charge in [0.25, 0.3) is 0 Å². The van der Waals surface area contributed by atoms with Gasteiger partial charge >= 0.3 is 0 Å².